The van der Waals surface area contributed by atoms with Crippen molar-refractivity contribution in [3.8, 4) is 0 Å². The van der Waals surface area contributed by atoms with Gasteiger partial charge in [0.2, 0.25) is 0 Å². The van der Waals surface area contributed by atoms with Gasteiger partial charge < -0.3 is 20.5 Å². The normalized spacial score (nSPS) is 18.3. The van der Waals surface area contributed by atoms with Crippen LogP contribution in [0.25, 0.3) is 0 Å². The first-order valence-electron chi connectivity index (χ1n) is 9.54. The van der Waals surface area contributed by atoms with E-state index in [0.717, 1.165) is 19.0 Å². The van der Waals surface area contributed by atoms with Crippen LogP contribution in [0.4, 0.5) is 10.1 Å². The van der Waals surface area contributed by atoms with Crippen molar-refractivity contribution in [1.29, 1.82) is 0 Å². The molecule has 30 heavy (non-hydrogen) atoms. The number of Topliss-reactive ketones (excluding diaryl/α,β-unsaturated/α-hetero) is 1. The van der Waals surface area contributed by atoms with Crippen LogP contribution in [-0.4, -0.2) is 40.8 Å². The average molecular weight is 435 g/mol. The standard InChI is InChI=1S/C21H24ClFN4O3/c1-11-16(19(29)25-13-5-6-15(23)14(22)9-13)12(2)27(4)17(11)18(28)20(30)26-21(3)7-8-24-10-21/h5-6,9,24H,7-8,10H2,1-4H3,(H,25,29)(H,26,30). The van der Waals surface area contributed by atoms with Crippen molar-refractivity contribution in [2.24, 2.45) is 7.05 Å². The summed E-state index contributed by atoms with van der Waals surface area (Å²) in [5.41, 5.74) is 1.20. The number of nitrogens with zero attached hydrogens (tertiary/aromatic N) is 1. The number of rotatable bonds is 5. The molecule has 0 bridgehead atoms. The number of carbonyl (C=O) groups excluding carboxylic acids is 3. The van der Waals surface area contributed by atoms with E-state index in [1.807, 2.05) is 6.92 Å². The van der Waals surface area contributed by atoms with Gasteiger partial charge in [-0.2, -0.15) is 0 Å². The van der Waals surface area contributed by atoms with Crippen LogP contribution in [0.15, 0.2) is 18.2 Å². The fraction of sp³-hybridized carbons (Fsp3) is 0.381. The van der Waals surface area contributed by atoms with Crippen LogP contribution in [-0.2, 0) is 11.8 Å². The number of hydrogen-bond acceptors (Lipinski definition) is 4. The second-order valence-corrected chi connectivity index (χ2v) is 8.25. The maximum atomic E-state index is 13.4. The van der Waals surface area contributed by atoms with Crippen LogP contribution in [0.3, 0.4) is 0 Å². The third-order valence-corrected chi connectivity index (χ3v) is 5.83. The lowest BCUT2D eigenvalue weighted by Gasteiger charge is -2.24. The Hall–Kier alpha value is -2.71. The van der Waals surface area contributed by atoms with Gasteiger partial charge in [0.25, 0.3) is 17.6 Å². The number of carbonyl (C=O) groups is 3. The van der Waals surface area contributed by atoms with Gasteiger partial charge in [0.15, 0.2) is 0 Å². The Balaban J connectivity index is 1.86. The molecule has 3 N–H and O–H groups in total. The van der Waals surface area contributed by atoms with E-state index in [9.17, 15) is 18.8 Å². The Kier molecular flexibility index (Phi) is 6.01. The topological polar surface area (TPSA) is 92.2 Å². The molecule has 1 aliphatic rings. The highest BCUT2D eigenvalue weighted by atomic mass is 35.5. The molecule has 1 aliphatic heterocycles. The highest BCUT2D eigenvalue weighted by Crippen LogP contribution is 2.25. The van der Waals surface area contributed by atoms with Gasteiger partial charge in [0.05, 0.1) is 21.8 Å². The number of nitrogens with one attached hydrogen (secondary N) is 3. The van der Waals surface area contributed by atoms with E-state index >= 15 is 0 Å². The summed E-state index contributed by atoms with van der Waals surface area (Å²) in [5, 5.41) is 8.51. The van der Waals surface area contributed by atoms with Crippen LogP contribution in [0.1, 0.15) is 45.4 Å². The van der Waals surface area contributed by atoms with Gasteiger partial charge in [-0.15, -0.1) is 0 Å². The van der Waals surface area contributed by atoms with Crippen molar-refractivity contribution < 1.29 is 18.8 Å². The molecule has 1 aromatic heterocycles. The molecule has 1 atom stereocenters. The van der Waals surface area contributed by atoms with E-state index in [-0.39, 0.29) is 16.3 Å². The predicted octanol–water partition coefficient (Wildman–Crippen LogP) is 2.74. The Morgan fingerprint density at radius 1 is 1.27 bits per heavy atom. The second-order valence-electron chi connectivity index (χ2n) is 7.85. The molecule has 1 fully saturated rings. The molecule has 2 aromatic rings. The van der Waals surface area contributed by atoms with Gasteiger partial charge >= 0.3 is 0 Å². The zero-order valence-corrected chi connectivity index (χ0v) is 18.0. The molecule has 7 nitrogen and oxygen atoms in total. The second kappa shape index (κ2) is 8.20. The number of amides is 2. The molecule has 2 heterocycles. The molecule has 2 amide bonds. The number of aromatic nitrogens is 1. The monoisotopic (exact) mass is 434 g/mol. The van der Waals surface area contributed by atoms with Crippen molar-refractivity contribution in [3.63, 3.8) is 0 Å². The lowest BCUT2D eigenvalue weighted by Crippen LogP contribution is -2.50. The summed E-state index contributed by atoms with van der Waals surface area (Å²) in [7, 11) is 1.63. The van der Waals surface area contributed by atoms with E-state index in [0.29, 0.717) is 23.5 Å². The molecule has 0 spiro atoms. The number of ketones is 1. The highest BCUT2D eigenvalue weighted by Gasteiger charge is 2.34. The van der Waals surface area contributed by atoms with Crippen molar-refractivity contribution in [2.45, 2.75) is 32.7 Å². The van der Waals surface area contributed by atoms with Crippen LogP contribution in [0.2, 0.25) is 5.02 Å². The minimum absolute atomic E-state index is 0.114. The van der Waals surface area contributed by atoms with E-state index in [1.165, 1.54) is 12.1 Å². The summed E-state index contributed by atoms with van der Waals surface area (Å²) in [6.07, 6.45) is 0.727. The van der Waals surface area contributed by atoms with Crippen molar-refractivity contribution >= 4 is 34.9 Å². The first-order valence-corrected chi connectivity index (χ1v) is 9.91. The highest BCUT2D eigenvalue weighted by molar-refractivity contribution is 6.43. The Labute approximate surface area is 179 Å². The zero-order valence-electron chi connectivity index (χ0n) is 17.3. The first kappa shape index (κ1) is 22.0. The molecule has 0 radical (unpaired) electrons. The summed E-state index contributed by atoms with van der Waals surface area (Å²) in [6.45, 7) is 6.55. The molecule has 1 unspecified atom stereocenters. The predicted molar refractivity (Wildman–Crippen MR) is 113 cm³/mol. The van der Waals surface area contributed by atoms with Crippen LogP contribution < -0.4 is 16.0 Å². The fourth-order valence-electron chi connectivity index (χ4n) is 3.76. The quantitative estimate of drug-likeness (QED) is 0.498. The van der Waals surface area contributed by atoms with Crippen LogP contribution in [0.5, 0.6) is 0 Å². The van der Waals surface area contributed by atoms with E-state index in [4.69, 9.17) is 11.6 Å². The molecule has 9 heteroatoms. The average Bonchev–Trinajstić information content (AvgIpc) is 3.19. The minimum atomic E-state index is -0.706. The first-order chi connectivity index (χ1) is 14.0. The minimum Gasteiger partial charge on any atom is -0.344 e. The third-order valence-electron chi connectivity index (χ3n) is 5.54. The Bertz CT molecular complexity index is 1040. The van der Waals surface area contributed by atoms with Crippen molar-refractivity contribution in [2.75, 3.05) is 18.4 Å². The van der Waals surface area contributed by atoms with E-state index in [2.05, 4.69) is 16.0 Å². The summed E-state index contributed by atoms with van der Waals surface area (Å²) in [5.74, 6) is -2.47. The lowest BCUT2D eigenvalue weighted by atomic mass is 10.0. The molecule has 3 rings (SSSR count). The molecule has 1 saturated heterocycles. The Morgan fingerprint density at radius 2 is 1.97 bits per heavy atom. The van der Waals surface area contributed by atoms with E-state index in [1.54, 1.807) is 25.5 Å². The fourth-order valence-corrected chi connectivity index (χ4v) is 3.94. The van der Waals surface area contributed by atoms with Crippen LogP contribution >= 0.6 is 11.6 Å². The maximum absolute atomic E-state index is 13.4. The summed E-state index contributed by atoms with van der Waals surface area (Å²) < 4.78 is 14.9. The number of benzene rings is 1. The number of hydrogen-bond donors (Lipinski definition) is 3. The molecule has 1 aromatic carbocycles. The summed E-state index contributed by atoms with van der Waals surface area (Å²) in [6, 6.07) is 3.85. The maximum Gasteiger partial charge on any atom is 0.294 e. The van der Waals surface area contributed by atoms with Crippen molar-refractivity contribution in [1.82, 2.24) is 15.2 Å². The molecular formula is C21H24ClFN4O3. The number of halogens is 2. The van der Waals surface area contributed by atoms with Gasteiger partial charge in [0.1, 0.15) is 5.82 Å². The third kappa shape index (κ3) is 4.11. The summed E-state index contributed by atoms with van der Waals surface area (Å²) >= 11 is 5.77. The molecular weight excluding hydrogens is 411 g/mol. The van der Waals surface area contributed by atoms with Gasteiger partial charge in [-0.25, -0.2) is 4.39 Å². The molecule has 160 valence electrons. The lowest BCUT2D eigenvalue weighted by molar-refractivity contribution is -0.118. The summed E-state index contributed by atoms with van der Waals surface area (Å²) in [4.78, 5) is 38.4. The molecule has 0 aliphatic carbocycles. The SMILES string of the molecule is Cc1c(C(=O)Nc2ccc(F)c(Cl)c2)c(C)n(C)c1C(=O)C(=O)NC1(C)CCNC1. The Morgan fingerprint density at radius 3 is 2.57 bits per heavy atom. The van der Waals surface area contributed by atoms with E-state index < -0.39 is 29.0 Å². The van der Waals surface area contributed by atoms with Gasteiger partial charge in [0, 0.05) is 25.0 Å². The number of anilines is 1. The molecule has 0 saturated carbocycles. The van der Waals surface area contributed by atoms with Gasteiger partial charge in [-0.1, -0.05) is 11.6 Å². The largest absolute Gasteiger partial charge is 0.344 e. The van der Waals surface area contributed by atoms with Crippen molar-refractivity contribution in [3.05, 3.63) is 51.6 Å². The smallest absolute Gasteiger partial charge is 0.294 e. The van der Waals surface area contributed by atoms with Crippen LogP contribution in [0, 0.1) is 19.7 Å². The van der Waals surface area contributed by atoms with Gasteiger partial charge in [-0.05, 0) is 57.5 Å². The van der Waals surface area contributed by atoms with Gasteiger partial charge in [-0.3, -0.25) is 14.4 Å². The zero-order chi connectivity index (χ0) is 22.2.